The molecule has 0 saturated heterocycles. The lowest BCUT2D eigenvalue weighted by Crippen LogP contribution is -2.36. The number of nitrogens with zero attached hydrogens (tertiary/aromatic N) is 2. The van der Waals surface area contributed by atoms with E-state index in [9.17, 15) is 9.59 Å². The topological polar surface area (TPSA) is 103 Å². The van der Waals surface area contributed by atoms with Gasteiger partial charge < -0.3 is 15.2 Å². The second kappa shape index (κ2) is 11.3. The molecule has 1 aromatic carbocycles. The lowest BCUT2D eigenvalue weighted by Gasteiger charge is -2.19. The largest absolute Gasteiger partial charge is 0.462 e. The molecule has 29 heavy (non-hydrogen) atoms. The van der Waals surface area contributed by atoms with Crippen molar-refractivity contribution in [1.82, 2.24) is 4.90 Å². The van der Waals surface area contributed by atoms with Crippen LogP contribution in [0.2, 0.25) is 0 Å². The maximum absolute atomic E-state index is 12.6. The first-order valence-electron chi connectivity index (χ1n) is 9.35. The Morgan fingerprint density at radius 3 is 2.62 bits per heavy atom. The van der Waals surface area contributed by atoms with Crippen LogP contribution in [0.15, 0.2) is 29.6 Å². The van der Waals surface area contributed by atoms with E-state index in [4.69, 9.17) is 15.1 Å². The fourth-order valence-corrected chi connectivity index (χ4v) is 3.76. The van der Waals surface area contributed by atoms with Crippen LogP contribution in [0.4, 0.5) is 5.00 Å². The molecule has 1 aromatic heterocycles. The van der Waals surface area contributed by atoms with Crippen LogP contribution >= 0.6 is 11.3 Å². The van der Waals surface area contributed by atoms with Gasteiger partial charge in [-0.15, -0.1) is 11.3 Å². The number of nitrogens with one attached hydrogen (secondary N) is 1. The van der Waals surface area contributed by atoms with Gasteiger partial charge in [0.15, 0.2) is 0 Å². The van der Waals surface area contributed by atoms with E-state index < -0.39 is 5.97 Å². The molecule has 8 heteroatoms. The zero-order valence-electron chi connectivity index (χ0n) is 16.6. The van der Waals surface area contributed by atoms with Gasteiger partial charge in [-0.1, -0.05) is 29.8 Å². The van der Waals surface area contributed by atoms with Crippen molar-refractivity contribution < 1.29 is 19.4 Å². The molecule has 0 spiro atoms. The highest BCUT2D eigenvalue weighted by Gasteiger charge is 2.23. The number of nitriles is 1. The zero-order valence-corrected chi connectivity index (χ0v) is 17.4. The Morgan fingerprint density at radius 1 is 1.28 bits per heavy atom. The van der Waals surface area contributed by atoms with Crippen molar-refractivity contribution in [3.05, 3.63) is 40.8 Å². The average Bonchev–Trinajstić information content (AvgIpc) is 3.10. The molecule has 0 aliphatic heterocycles. The Kier molecular flexibility index (Phi) is 8.80. The second-order valence-corrected chi connectivity index (χ2v) is 7.28. The maximum atomic E-state index is 12.6. The smallest absolute Gasteiger partial charge is 0.341 e. The molecule has 154 valence electrons. The number of aliphatic hydroxyl groups excluding tert-OH is 1. The van der Waals surface area contributed by atoms with E-state index in [1.54, 1.807) is 11.8 Å². The highest BCUT2D eigenvalue weighted by Crippen LogP contribution is 2.36. The first-order valence-corrected chi connectivity index (χ1v) is 10.2. The fraction of sp³-hybridized carbons (Fsp3) is 0.381. The van der Waals surface area contributed by atoms with Crippen molar-refractivity contribution in [2.24, 2.45) is 0 Å². The molecule has 0 aliphatic rings. The third-order valence-electron chi connectivity index (χ3n) is 4.21. The third kappa shape index (κ3) is 6.39. The number of carbonyl (C=O) groups is 2. The van der Waals surface area contributed by atoms with Gasteiger partial charge in [0.2, 0.25) is 5.91 Å². The van der Waals surface area contributed by atoms with Gasteiger partial charge in [-0.2, -0.15) is 5.26 Å². The van der Waals surface area contributed by atoms with Gasteiger partial charge in [0.05, 0.1) is 25.8 Å². The van der Waals surface area contributed by atoms with Crippen LogP contribution in [-0.2, 0) is 9.53 Å². The minimum atomic E-state index is -0.490. The van der Waals surface area contributed by atoms with Crippen LogP contribution in [0.5, 0.6) is 0 Å². The van der Waals surface area contributed by atoms with Gasteiger partial charge in [-0.25, -0.2) is 4.79 Å². The predicted molar refractivity (Wildman–Crippen MR) is 113 cm³/mol. The molecule has 1 heterocycles. The minimum absolute atomic E-state index is 0.0161. The number of benzene rings is 1. The maximum Gasteiger partial charge on any atom is 0.341 e. The molecular formula is C21H25N3O4S. The molecule has 0 fully saturated rings. The van der Waals surface area contributed by atoms with E-state index in [1.807, 2.05) is 42.6 Å². The van der Waals surface area contributed by atoms with E-state index in [-0.39, 0.29) is 32.1 Å². The van der Waals surface area contributed by atoms with Gasteiger partial charge >= 0.3 is 5.97 Å². The van der Waals surface area contributed by atoms with Crippen LogP contribution < -0.4 is 5.32 Å². The van der Waals surface area contributed by atoms with E-state index in [0.29, 0.717) is 29.2 Å². The molecule has 1 amide bonds. The summed E-state index contributed by atoms with van der Waals surface area (Å²) in [7, 11) is 0. The van der Waals surface area contributed by atoms with E-state index in [1.165, 1.54) is 11.3 Å². The van der Waals surface area contributed by atoms with Crippen molar-refractivity contribution in [3.63, 3.8) is 0 Å². The molecule has 0 atom stereocenters. The molecule has 0 aliphatic carbocycles. The summed E-state index contributed by atoms with van der Waals surface area (Å²) in [5.74, 6) is -0.810. The zero-order chi connectivity index (χ0) is 21.2. The summed E-state index contributed by atoms with van der Waals surface area (Å²) in [6.45, 7) is 4.53. The van der Waals surface area contributed by atoms with E-state index >= 15 is 0 Å². The summed E-state index contributed by atoms with van der Waals surface area (Å²) in [6, 6.07) is 9.80. The molecule has 0 unspecified atom stereocenters. The van der Waals surface area contributed by atoms with Gasteiger partial charge in [0.1, 0.15) is 10.6 Å². The predicted octanol–water partition coefficient (Wildman–Crippen LogP) is 3.05. The number of amides is 1. The molecule has 0 saturated carbocycles. The first-order chi connectivity index (χ1) is 14.0. The van der Waals surface area contributed by atoms with Gasteiger partial charge in [-0.3, -0.25) is 9.69 Å². The molecule has 2 rings (SSSR count). The number of hydrogen-bond acceptors (Lipinski definition) is 7. The third-order valence-corrected chi connectivity index (χ3v) is 5.10. The van der Waals surface area contributed by atoms with Crippen molar-refractivity contribution in [2.75, 3.05) is 38.2 Å². The van der Waals surface area contributed by atoms with Crippen LogP contribution in [-0.4, -0.2) is 54.7 Å². The van der Waals surface area contributed by atoms with Crippen molar-refractivity contribution >= 4 is 28.2 Å². The highest BCUT2D eigenvalue weighted by atomic mass is 32.1. The van der Waals surface area contributed by atoms with Crippen molar-refractivity contribution in [3.8, 4) is 17.2 Å². The SMILES string of the molecule is CCOC(=O)c1c(-c2ccc(C)cc2)csc1NC(=O)CN(CCO)CCC#N. The van der Waals surface area contributed by atoms with E-state index in [0.717, 1.165) is 11.1 Å². The van der Waals surface area contributed by atoms with E-state index in [2.05, 4.69) is 5.32 Å². The Balaban J connectivity index is 2.25. The quantitative estimate of drug-likeness (QED) is 0.578. The van der Waals surface area contributed by atoms with Gasteiger partial charge in [0, 0.05) is 30.5 Å². The second-order valence-electron chi connectivity index (χ2n) is 6.40. The standard InChI is InChI=1S/C21H25N3O4S/c1-3-28-21(27)19-17(16-7-5-15(2)6-8-16)14-29-20(19)23-18(26)13-24(11-12-25)10-4-9-22/h5-8,14,25H,3-4,10-13H2,1-2H3,(H,23,26). The molecule has 2 aromatic rings. The molecule has 0 radical (unpaired) electrons. The Bertz CT molecular complexity index is 871. The number of thiophene rings is 1. The normalized spacial score (nSPS) is 10.6. The molecule has 0 bridgehead atoms. The number of carbonyl (C=O) groups excluding carboxylic acids is 2. The fourth-order valence-electron chi connectivity index (χ4n) is 2.79. The molecule has 2 N–H and O–H groups in total. The lowest BCUT2D eigenvalue weighted by molar-refractivity contribution is -0.117. The highest BCUT2D eigenvalue weighted by molar-refractivity contribution is 7.15. The monoisotopic (exact) mass is 415 g/mol. The number of esters is 1. The average molecular weight is 416 g/mol. The Hall–Kier alpha value is -2.73. The van der Waals surface area contributed by atoms with Gasteiger partial charge in [-0.05, 0) is 19.4 Å². The van der Waals surface area contributed by atoms with Crippen LogP contribution in [0.1, 0.15) is 29.3 Å². The summed E-state index contributed by atoms with van der Waals surface area (Å²) in [6.07, 6.45) is 0.262. The Morgan fingerprint density at radius 2 is 2.00 bits per heavy atom. The number of hydrogen-bond donors (Lipinski definition) is 2. The summed E-state index contributed by atoms with van der Waals surface area (Å²) >= 11 is 1.26. The lowest BCUT2D eigenvalue weighted by atomic mass is 10.0. The van der Waals surface area contributed by atoms with Gasteiger partial charge in [0.25, 0.3) is 0 Å². The van der Waals surface area contributed by atoms with Crippen LogP contribution in [0.25, 0.3) is 11.1 Å². The Labute approximate surface area is 174 Å². The van der Waals surface area contributed by atoms with Crippen LogP contribution in [0.3, 0.4) is 0 Å². The van der Waals surface area contributed by atoms with Crippen molar-refractivity contribution in [2.45, 2.75) is 20.3 Å². The number of aryl methyl sites for hydroxylation is 1. The summed E-state index contributed by atoms with van der Waals surface area (Å²) in [4.78, 5) is 26.8. The number of rotatable bonds is 10. The minimum Gasteiger partial charge on any atom is -0.462 e. The number of ether oxygens (including phenoxy) is 1. The number of aliphatic hydroxyl groups is 1. The van der Waals surface area contributed by atoms with Crippen molar-refractivity contribution in [1.29, 1.82) is 5.26 Å². The summed E-state index contributed by atoms with van der Waals surface area (Å²) in [5, 5.41) is 22.9. The molecule has 7 nitrogen and oxygen atoms in total. The summed E-state index contributed by atoms with van der Waals surface area (Å²) in [5.41, 5.74) is 3.02. The van der Waals surface area contributed by atoms with Crippen LogP contribution in [0, 0.1) is 18.3 Å². The first kappa shape index (κ1) is 22.6. The summed E-state index contributed by atoms with van der Waals surface area (Å²) < 4.78 is 5.20. The molecular weight excluding hydrogens is 390 g/mol. The number of anilines is 1.